The molecule has 1 heterocycles. The molecule has 0 saturated heterocycles. The van der Waals surface area contributed by atoms with Crippen LogP contribution in [0.15, 0.2) is 66.9 Å². The van der Waals surface area contributed by atoms with Gasteiger partial charge in [-0.05, 0) is 48.4 Å². The third-order valence-electron chi connectivity index (χ3n) is 4.12. The van der Waals surface area contributed by atoms with Crippen molar-refractivity contribution >= 4 is 29.0 Å². The number of hydrogen-bond donors (Lipinski definition) is 3. The number of anilines is 3. The summed E-state index contributed by atoms with van der Waals surface area (Å²) in [7, 11) is 0. The Kier molecular flexibility index (Phi) is 6.52. The molecule has 3 aromatic rings. The molecule has 0 radical (unpaired) electrons. The second-order valence-corrected chi connectivity index (χ2v) is 6.41. The first-order chi connectivity index (χ1) is 14.0. The van der Waals surface area contributed by atoms with Gasteiger partial charge >= 0.3 is 0 Å². The van der Waals surface area contributed by atoms with Crippen LogP contribution in [-0.2, 0) is 11.2 Å². The molecule has 0 spiro atoms. The normalized spacial score (nSPS) is 10.3. The van der Waals surface area contributed by atoms with Crippen LogP contribution in [0.25, 0.3) is 0 Å². The van der Waals surface area contributed by atoms with Crippen LogP contribution >= 0.6 is 0 Å². The summed E-state index contributed by atoms with van der Waals surface area (Å²) in [6.07, 6.45) is 2.04. The van der Waals surface area contributed by atoms with E-state index < -0.39 is 0 Å². The zero-order valence-corrected chi connectivity index (χ0v) is 15.9. The fourth-order valence-electron chi connectivity index (χ4n) is 2.78. The Balaban J connectivity index is 1.60. The third-order valence-corrected chi connectivity index (χ3v) is 4.12. The molecular weight excluding hydrogens is 371 g/mol. The number of hydrogen-bond acceptors (Lipinski definition) is 4. The number of benzene rings is 2. The van der Waals surface area contributed by atoms with Gasteiger partial charge in [-0.3, -0.25) is 9.59 Å². The molecule has 3 N–H and O–H groups in total. The summed E-state index contributed by atoms with van der Waals surface area (Å²) < 4.78 is 13.7. The molecule has 0 fully saturated rings. The van der Waals surface area contributed by atoms with E-state index in [4.69, 9.17) is 0 Å². The number of nitrogens with one attached hydrogen (secondary N) is 3. The maximum absolute atomic E-state index is 13.7. The van der Waals surface area contributed by atoms with E-state index >= 15 is 0 Å². The minimum absolute atomic E-state index is 0.186. The van der Waals surface area contributed by atoms with Crippen LogP contribution < -0.4 is 16.0 Å². The minimum atomic E-state index is -0.301. The molecule has 0 unspecified atom stereocenters. The average Bonchev–Trinajstić information content (AvgIpc) is 2.69. The van der Waals surface area contributed by atoms with Gasteiger partial charge in [0.2, 0.25) is 5.91 Å². The maximum Gasteiger partial charge on any atom is 0.255 e. The Hall–Kier alpha value is -3.74. The molecule has 2 amide bonds. The van der Waals surface area contributed by atoms with E-state index in [1.54, 1.807) is 54.6 Å². The molecule has 0 aliphatic heterocycles. The van der Waals surface area contributed by atoms with E-state index in [2.05, 4.69) is 20.9 Å². The smallest absolute Gasteiger partial charge is 0.255 e. The van der Waals surface area contributed by atoms with Crippen LogP contribution in [0.2, 0.25) is 0 Å². The van der Waals surface area contributed by atoms with Crippen molar-refractivity contribution in [2.24, 2.45) is 0 Å². The van der Waals surface area contributed by atoms with Gasteiger partial charge in [-0.25, -0.2) is 9.37 Å². The van der Waals surface area contributed by atoms with Gasteiger partial charge in [0.05, 0.1) is 0 Å². The molecule has 0 atom stereocenters. The number of carbonyl (C=O) groups excluding carboxylic acids is 2. The second-order valence-electron chi connectivity index (χ2n) is 6.41. The van der Waals surface area contributed by atoms with Crippen molar-refractivity contribution < 1.29 is 14.0 Å². The number of carbonyl (C=O) groups is 2. The van der Waals surface area contributed by atoms with E-state index in [1.165, 1.54) is 19.2 Å². The van der Waals surface area contributed by atoms with Gasteiger partial charge in [0.15, 0.2) is 0 Å². The number of nitrogens with zero attached hydrogens (tertiary/aromatic N) is 1. The van der Waals surface area contributed by atoms with Crippen LogP contribution in [0.5, 0.6) is 0 Å². The summed E-state index contributed by atoms with van der Waals surface area (Å²) in [5.74, 6) is -0.198. The number of amides is 2. The molecule has 0 aliphatic carbocycles. The van der Waals surface area contributed by atoms with Crippen molar-refractivity contribution in [3.63, 3.8) is 0 Å². The van der Waals surface area contributed by atoms with E-state index in [9.17, 15) is 14.0 Å². The Labute approximate surface area is 168 Å². The fraction of sp³-hybridized carbons (Fsp3) is 0.136. The Bertz CT molecular complexity index is 1020. The number of pyridine rings is 1. The predicted octanol–water partition coefficient (Wildman–Crippen LogP) is 4.09. The van der Waals surface area contributed by atoms with Gasteiger partial charge in [-0.1, -0.05) is 24.3 Å². The highest BCUT2D eigenvalue weighted by molar-refractivity contribution is 6.05. The average molecular weight is 392 g/mol. The third kappa shape index (κ3) is 5.87. The van der Waals surface area contributed by atoms with Crippen LogP contribution in [0.3, 0.4) is 0 Å². The topological polar surface area (TPSA) is 83.1 Å². The van der Waals surface area contributed by atoms with Gasteiger partial charge in [-0.15, -0.1) is 0 Å². The lowest BCUT2D eigenvalue weighted by atomic mass is 10.1. The number of halogens is 1. The summed E-state index contributed by atoms with van der Waals surface area (Å²) >= 11 is 0. The van der Waals surface area contributed by atoms with Crippen LogP contribution in [-0.4, -0.2) is 23.3 Å². The van der Waals surface area contributed by atoms with Crippen molar-refractivity contribution in [1.29, 1.82) is 0 Å². The summed E-state index contributed by atoms with van der Waals surface area (Å²) in [6, 6.07) is 16.7. The first-order valence-corrected chi connectivity index (χ1v) is 9.13. The molecule has 3 rings (SSSR count). The Morgan fingerprint density at radius 1 is 0.966 bits per heavy atom. The highest BCUT2D eigenvalue weighted by Crippen LogP contribution is 2.17. The van der Waals surface area contributed by atoms with Crippen LogP contribution in [0.1, 0.15) is 22.8 Å². The summed E-state index contributed by atoms with van der Waals surface area (Å²) in [5, 5.41) is 8.57. The summed E-state index contributed by atoms with van der Waals surface area (Å²) in [4.78, 5) is 27.9. The molecule has 1 aromatic heterocycles. The molecule has 0 bridgehead atoms. The molecule has 6 nitrogen and oxygen atoms in total. The zero-order chi connectivity index (χ0) is 20.6. The zero-order valence-electron chi connectivity index (χ0n) is 15.9. The van der Waals surface area contributed by atoms with Gasteiger partial charge in [0.25, 0.3) is 5.91 Å². The first-order valence-electron chi connectivity index (χ1n) is 9.13. The van der Waals surface area contributed by atoms with Crippen LogP contribution in [0.4, 0.5) is 21.6 Å². The van der Waals surface area contributed by atoms with E-state index in [0.29, 0.717) is 41.3 Å². The summed E-state index contributed by atoms with van der Waals surface area (Å²) in [6.45, 7) is 1.90. The van der Waals surface area contributed by atoms with Crippen molar-refractivity contribution in [3.05, 3.63) is 83.8 Å². The van der Waals surface area contributed by atoms with Crippen LogP contribution in [0, 0.1) is 5.82 Å². The standard InChI is InChI=1S/C22H21FN4O2/c1-15(28)26-18-6-4-7-19(14-18)27-22(29)17-10-12-25-21(13-17)24-11-9-16-5-2-3-8-20(16)23/h2-8,10,12-14H,9,11H2,1H3,(H,24,25)(H,26,28)(H,27,29). The van der Waals surface area contributed by atoms with E-state index in [1.807, 2.05) is 0 Å². The monoisotopic (exact) mass is 392 g/mol. The van der Waals surface area contributed by atoms with Crippen molar-refractivity contribution in [2.45, 2.75) is 13.3 Å². The summed E-state index contributed by atoms with van der Waals surface area (Å²) in [5.41, 5.74) is 2.21. The second kappa shape index (κ2) is 9.45. The quantitative estimate of drug-likeness (QED) is 0.566. The number of aromatic nitrogens is 1. The molecule has 7 heteroatoms. The molecule has 148 valence electrons. The molecule has 29 heavy (non-hydrogen) atoms. The SMILES string of the molecule is CC(=O)Nc1cccc(NC(=O)c2ccnc(NCCc3ccccc3F)c2)c1. The van der Waals surface area contributed by atoms with Crippen molar-refractivity contribution in [3.8, 4) is 0 Å². The fourth-order valence-corrected chi connectivity index (χ4v) is 2.78. The lowest BCUT2D eigenvalue weighted by Gasteiger charge is -2.10. The lowest BCUT2D eigenvalue weighted by Crippen LogP contribution is -2.14. The molecule has 0 saturated carbocycles. The van der Waals surface area contributed by atoms with Gasteiger partial charge in [0.1, 0.15) is 11.6 Å². The highest BCUT2D eigenvalue weighted by Gasteiger charge is 2.09. The van der Waals surface area contributed by atoms with Crippen molar-refractivity contribution in [1.82, 2.24) is 4.98 Å². The minimum Gasteiger partial charge on any atom is -0.370 e. The predicted molar refractivity (Wildman–Crippen MR) is 112 cm³/mol. The van der Waals surface area contributed by atoms with E-state index in [-0.39, 0.29) is 17.6 Å². The number of rotatable bonds is 7. The van der Waals surface area contributed by atoms with Gasteiger partial charge in [-0.2, -0.15) is 0 Å². The molecule has 2 aromatic carbocycles. The lowest BCUT2D eigenvalue weighted by molar-refractivity contribution is -0.114. The Morgan fingerprint density at radius 3 is 2.48 bits per heavy atom. The Morgan fingerprint density at radius 2 is 1.72 bits per heavy atom. The van der Waals surface area contributed by atoms with Gasteiger partial charge < -0.3 is 16.0 Å². The van der Waals surface area contributed by atoms with E-state index in [0.717, 1.165) is 0 Å². The van der Waals surface area contributed by atoms with Crippen molar-refractivity contribution in [2.75, 3.05) is 22.5 Å². The maximum atomic E-state index is 13.7. The largest absolute Gasteiger partial charge is 0.370 e. The first kappa shape index (κ1) is 20.0. The highest BCUT2D eigenvalue weighted by atomic mass is 19.1. The van der Waals surface area contributed by atoms with Gasteiger partial charge in [0, 0.05) is 36.6 Å². The molecular formula is C22H21FN4O2. The molecule has 0 aliphatic rings.